The van der Waals surface area contributed by atoms with Crippen LogP contribution in [-0.2, 0) is 4.79 Å². The predicted octanol–water partition coefficient (Wildman–Crippen LogP) is 1.33. The molecule has 1 atom stereocenters. The maximum Gasteiger partial charge on any atom is 0.228 e. The van der Waals surface area contributed by atoms with Gasteiger partial charge in [-0.1, -0.05) is 0 Å². The summed E-state index contributed by atoms with van der Waals surface area (Å²) in [5, 5.41) is 6.18. The quantitative estimate of drug-likeness (QED) is 0.789. The van der Waals surface area contributed by atoms with Crippen molar-refractivity contribution in [3.8, 4) is 0 Å². The fraction of sp³-hybridized carbons (Fsp3) is 0.500. The van der Waals surface area contributed by atoms with Crippen LogP contribution in [0.15, 0.2) is 18.5 Å². The molecular formula is C12H17N3O. The van der Waals surface area contributed by atoms with E-state index in [4.69, 9.17) is 0 Å². The van der Waals surface area contributed by atoms with Gasteiger partial charge in [-0.25, -0.2) is 0 Å². The van der Waals surface area contributed by atoms with Crippen LogP contribution in [0.2, 0.25) is 0 Å². The molecule has 1 amide bonds. The van der Waals surface area contributed by atoms with E-state index in [0.29, 0.717) is 0 Å². The minimum Gasteiger partial charge on any atom is -0.324 e. The Morgan fingerprint density at radius 3 is 3.19 bits per heavy atom. The van der Waals surface area contributed by atoms with Crippen molar-refractivity contribution < 1.29 is 4.79 Å². The minimum atomic E-state index is 0.0911. The number of nitrogens with one attached hydrogen (secondary N) is 2. The second kappa shape index (κ2) is 5.07. The lowest BCUT2D eigenvalue weighted by atomic mass is 9.99. The third-order valence-electron chi connectivity index (χ3n) is 2.96. The molecule has 1 aromatic rings. The molecule has 4 nitrogen and oxygen atoms in total. The van der Waals surface area contributed by atoms with Gasteiger partial charge in [0.2, 0.25) is 5.91 Å². The van der Waals surface area contributed by atoms with Gasteiger partial charge in [0.1, 0.15) is 0 Å². The number of anilines is 1. The molecule has 0 aromatic carbocycles. The largest absolute Gasteiger partial charge is 0.324 e. The van der Waals surface area contributed by atoms with Crippen LogP contribution in [0.3, 0.4) is 0 Å². The van der Waals surface area contributed by atoms with E-state index in [2.05, 4.69) is 15.6 Å². The van der Waals surface area contributed by atoms with Gasteiger partial charge in [-0.2, -0.15) is 0 Å². The number of rotatable bonds is 2. The molecule has 1 aliphatic rings. The molecule has 0 aliphatic carbocycles. The van der Waals surface area contributed by atoms with Gasteiger partial charge in [-0.05, 0) is 37.9 Å². The van der Waals surface area contributed by atoms with Crippen molar-refractivity contribution in [2.45, 2.75) is 19.8 Å². The van der Waals surface area contributed by atoms with Gasteiger partial charge in [-0.15, -0.1) is 0 Å². The van der Waals surface area contributed by atoms with Crippen LogP contribution in [0.1, 0.15) is 18.4 Å². The van der Waals surface area contributed by atoms with Crippen molar-refractivity contribution >= 4 is 11.6 Å². The van der Waals surface area contributed by atoms with Crippen molar-refractivity contribution in [2.24, 2.45) is 5.92 Å². The van der Waals surface area contributed by atoms with Crippen molar-refractivity contribution in [1.82, 2.24) is 10.3 Å². The second-order valence-electron chi connectivity index (χ2n) is 4.22. The molecule has 2 heterocycles. The van der Waals surface area contributed by atoms with E-state index in [1.54, 1.807) is 12.4 Å². The van der Waals surface area contributed by atoms with E-state index in [1.165, 1.54) is 0 Å². The smallest absolute Gasteiger partial charge is 0.228 e. The number of pyridine rings is 1. The summed E-state index contributed by atoms with van der Waals surface area (Å²) in [5.74, 6) is 0.191. The van der Waals surface area contributed by atoms with Crippen LogP contribution < -0.4 is 10.6 Å². The van der Waals surface area contributed by atoms with Gasteiger partial charge < -0.3 is 10.6 Å². The summed E-state index contributed by atoms with van der Waals surface area (Å²) in [5.41, 5.74) is 1.87. The Morgan fingerprint density at radius 2 is 2.50 bits per heavy atom. The van der Waals surface area contributed by atoms with E-state index in [9.17, 15) is 4.79 Å². The molecule has 86 valence electrons. The number of hydrogen-bond donors (Lipinski definition) is 2. The van der Waals surface area contributed by atoms with Gasteiger partial charge in [0.15, 0.2) is 0 Å². The summed E-state index contributed by atoms with van der Waals surface area (Å²) < 4.78 is 0. The Kier molecular flexibility index (Phi) is 3.51. The average Bonchev–Trinajstić information content (AvgIpc) is 2.33. The van der Waals surface area contributed by atoms with E-state index >= 15 is 0 Å². The number of hydrogen-bond acceptors (Lipinski definition) is 3. The highest BCUT2D eigenvalue weighted by molar-refractivity contribution is 5.93. The SMILES string of the molecule is Cc1ccncc1NC(=O)[C@H]1CCCNC1. The number of carbonyl (C=O) groups excluding carboxylic acids is 1. The van der Waals surface area contributed by atoms with E-state index in [1.807, 2.05) is 13.0 Å². The Morgan fingerprint density at radius 1 is 1.62 bits per heavy atom. The molecule has 16 heavy (non-hydrogen) atoms. The van der Waals surface area contributed by atoms with Crippen molar-refractivity contribution in [3.63, 3.8) is 0 Å². The molecule has 4 heteroatoms. The van der Waals surface area contributed by atoms with Crippen LogP contribution in [0, 0.1) is 12.8 Å². The molecule has 0 spiro atoms. The maximum absolute atomic E-state index is 11.9. The zero-order valence-electron chi connectivity index (χ0n) is 9.49. The Balaban J connectivity index is 1.99. The third kappa shape index (κ3) is 2.58. The molecular weight excluding hydrogens is 202 g/mol. The first kappa shape index (κ1) is 11.1. The molecule has 0 unspecified atom stereocenters. The normalized spacial score (nSPS) is 20.4. The Bertz CT molecular complexity index is 372. The third-order valence-corrected chi connectivity index (χ3v) is 2.96. The van der Waals surface area contributed by atoms with E-state index < -0.39 is 0 Å². The molecule has 1 saturated heterocycles. The van der Waals surface area contributed by atoms with Crippen LogP contribution in [0.5, 0.6) is 0 Å². The Labute approximate surface area is 95.5 Å². The molecule has 2 rings (SSSR count). The van der Waals surface area contributed by atoms with Gasteiger partial charge in [0.05, 0.1) is 17.8 Å². The van der Waals surface area contributed by atoms with E-state index in [0.717, 1.165) is 37.2 Å². The fourth-order valence-corrected chi connectivity index (χ4v) is 1.91. The van der Waals surface area contributed by atoms with Gasteiger partial charge in [0, 0.05) is 12.7 Å². The number of aryl methyl sites for hydroxylation is 1. The van der Waals surface area contributed by atoms with Crippen molar-refractivity contribution in [1.29, 1.82) is 0 Å². The molecule has 0 bridgehead atoms. The summed E-state index contributed by atoms with van der Waals surface area (Å²) in [6, 6.07) is 1.90. The van der Waals surface area contributed by atoms with Gasteiger partial charge in [-0.3, -0.25) is 9.78 Å². The number of nitrogens with zero attached hydrogens (tertiary/aromatic N) is 1. The molecule has 2 N–H and O–H groups in total. The predicted molar refractivity (Wildman–Crippen MR) is 63.2 cm³/mol. The molecule has 1 aromatic heterocycles. The highest BCUT2D eigenvalue weighted by Gasteiger charge is 2.21. The summed E-state index contributed by atoms with van der Waals surface area (Å²) in [6.45, 7) is 3.78. The summed E-state index contributed by atoms with van der Waals surface area (Å²) in [6.07, 6.45) is 5.47. The van der Waals surface area contributed by atoms with Crippen LogP contribution in [0.25, 0.3) is 0 Å². The lowest BCUT2D eigenvalue weighted by Gasteiger charge is -2.22. The monoisotopic (exact) mass is 219 g/mol. The molecule has 0 saturated carbocycles. The van der Waals surface area contributed by atoms with Crippen molar-refractivity contribution in [3.05, 3.63) is 24.0 Å². The number of amides is 1. The standard InChI is InChI=1S/C12H17N3O/c1-9-4-6-14-8-11(9)15-12(16)10-3-2-5-13-7-10/h4,6,8,10,13H,2-3,5,7H2,1H3,(H,15,16)/t10-/m0/s1. The highest BCUT2D eigenvalue weighted by Crippen LogP contribution is 2.16. The van der Waals surface area contributed by atoms with Gasteiger partial charge >= 0.3 is 0 Å². The summed E-state index contributed by atoms with van der Waals surface area (Å²) in [7, 11) is 0. The zero-order chi connectivity index (χ0) is 11.4. The van der Waals surface area contributed by atoms with Crippen LogP contribution in [-0.4, -0.2) is 24.0 Å². The first-order valence-electron chi connectivity index (χ1n) is 5.69. The summed E-state index contributed by atoms with van der Waals surface area (Å²) in [4.78, 5) is 16.0. The Hall–Kier alpha value is -1.42. The second-order valence-corrected chi connectivity index (χ2v) is 4.22. The van der Waals surface area contributed by atoms with E-state index in [-0.39, 0.29) is 11.8 Å². The van der Waals surface area contributed by atoms with Gasteiger partial charge in [0.25, 0.3) is 0 Å². The number of piperidine rings is 1. The lowest BCUT2D eigenvalue weighted by molar-refractivity contribution is -0.120. The lowest BCUT2D eigenvalue weighted by Crippen LogP contribution is -2.37. The number of carbonyl (C=O) groups is 1. The first-order chi connectivity index (χ1) is 7.77. The summed E-state index contributed by atoms with van der Waals surface area (Å²) >= 11 is 0. The van der Waals surface area contributed by atoms with Crippen LogP contribution in [0.4, 0.5) is 5.69 Å². The zero-order valence-corrected chi connectivity index (χ0v) is 9.49. The maximum atomic E-state index is 11.9. The highest BCUT2D eigenvalue weighted by atomic mass is 16.1. The fourth-order valence-electron chi connectivity index (χ4n) is 1.91. The minimum absolute atomic E-state index is 0.0911. The average molecular weight is 219 g/mol. The molecule has 1 fully saturated rings. The number of aromatic nitrogens is 1. The topological polar surface area (TPSA) is 54.0 Å². The molecule has 1 aliphatic heterocycles. The first-order valence-corrected chi connectivity index (χ1v) is 5.69. The molecule has 0 radical (unpaired) electrons. The van der Waals surface area contributed by atoms with Crippen LogP contribution >= 0.6 is 0 Å². The van der Waals surface area contributed by atoms with Crippen molar-refractivity contribution in [2.75, 3.05) is 18.4 Å².